The third-order valence-corrected chi connectivity index (χ3v) is 4.14. The van der Waals surface area contributed by atoms with Gasteiger partial charge in [-0.05, 0) is 23.8 Å². The van der Waals surface area contributed by atoms with Gasteiger partial charge in [0, 0.05) is 22.7 Å². The molecule has 3 rings (SSSR count). The molecule has 0 aliphatic carbocycles. The Morgan fingerprint density at radius 3 is 2.81 bits per heavy atom. The zero-order chi connectivity index (χ0) is 11.3. The summed E-state index contributed by atoms with van der Waals surface area (Å²) in [5.41, 5.74) is 7.53. The van der Waals surface area contributed by atoms with Gasteiger partial charge in [-0.2, -0.15) is 0 Å². The fraction of sp³-hybridized carbons (Fsp3) is 0. The van der Waals surface area contributed by atoms with E-state index in [0.717, 1.165) is 0 Å². The Morgan fingerprint density at radius 1 is 1.19 bits per heavy atom. The van der Waals surface area contributed by atoms with Gasteiger partial charge < -0.3 is 5.73 Å². The van der Waals surface area contributed by atoms with Crippen LogP contribution in [0.4, 0.5) is 5.69 Å². The largest absolute Gasteiger partial charge is 0.398 e. The van der Waals surface area contributed by atoms with Crippen LogP contribution in [0.1, 0.15) is 5.56 Å². The lowest BCUT2D eigenvalue weighted by Crippen LogP contribution is -1.99. The molecule has 1 aromatic heterocycles. The van der Waals surface area contributed by atoms with E-state index in [0.29, 0.717) is 22.2 Å². The van der Waals surface area contributed by atoms with E-state index in [1.165, 1.54) is 5.41 Å². The quantitative estimate of drug-likeness (QED) is 0.748. The van der Waals surface area contributed by atoms with Crippen LogP contribution in [0.2, 0.25) is 0 Å². The first-order valence-corrected chi connectivity index (χ1v) is 6.24. The van der Waals surface area contributed by atoms with E-state index >= 15 is 0 Å². The second-order valence-corrected chi connectivity index (χ2v) is 5.40. The minimum absolute atomic E-state index is 0.274. The summed E-state index contributed by atoms with van der Waals surface area (Å²) in [6.45, 7) is 0. The van der Waals surface area contributed by atoms with Gasteiger partial charge in [0.25, 0.3) is 0 Å². The van der Waals surface area contributed by atoms with Crippen molar-refractivity contribution in [2.75, 3.05) is 5.73 Å². The molecule has 1 aromatic carbocycles. The first-order chi connectivity index (χ1) is 7.59. The van der Waals surface area contributed by atoms with Gasteiger partial charge >= 0.3 is 0 Å². The van der Waals surface area contributed by atoms with Gasteiger partial charge in [-0.3, -0.25) is 4.98 Å². The van der Waals surface area contributed by atoms with Gasteiger partial charge in [0.15, 0.2) is 0 Å². The van der Waals surface area contributed by atoms with Crippen LogP contribution >= 0.6 is 0 Å². The van der Waals surface area contributed by atoms with E-state index in [-0.39, 0.29) is 4.90 Å². The summed E-state index contributed by atoms with van der Waals surface area (Å²) in [4.78, 5) is 4.39. The second-order valence-electron chi connectivity index (χ2n) is 3.63. The van der Waals surface area contributed by atoms with E-state index in [9.17, 15) is 8.42 Å². The highest BCUT2D eigenvalue weighted by Gasteiger charge is 2.24. The molecule has 0 amide bonds. The van der Waals surface area contributed by atoms with Gasteiger partial charge in [-0.25, -0.2) is 8.42 Å². The van der Waals surface area contributed by atoms with E-state index in [4.69, 9.17) is 5.73 Å². The molecule has 16 heavy (non-hydrogen) atoms. The average Bonchev–Trinajstić information content (AvgIpc) is 2.55. The summed E-state index contributed by atoms with van der Waals surface area (Å²) >= 11 is 0. The summed E-state index contributed by atoms with van der Waals surface area (Å²) in [6.07, 6.45) is 3.15. The highest BCUT2D eigenvalue weighted by molar-refractivity contribution is 7.95. The van der Waals surface area contributed by atoms with Crippen molar-refractivity contribution in [1.29, 1.82) is 0 Å². The van der Waals surface area contributed by atoms with Crippen molar-refractivity contribution in [2.24, 2.45) is 0 Å². The number of sulfone groups is 1. The van der Waals surface area contributed by atoms with Crippen LogP contribution in [0.5, 0.6) is 0 Å². The van der Waals surface area contributed by atoms with Crippen LogP contribution in [0.3, 0.4) is 0 Å². The molecule has 5 heteroatoms. The molecule has 2 aromatic rings. The zero-order valence-corrected chi connectivity index (χ0v) is 9.03. The third-order valence-electron chi connectivity index (χ3n) is 2.63. The Bertz CT molecular complexity index is 733. The van der Waals surface area contributed by atoms with Crippen LogP contribution in [0, 0.1) is 0 Å². The molecule has 0 spiro atoms. The van der Waals surface area contributed by atoms with Crippen LogP contribution < -0.4 is 5.73 Å². The summed E-state index contributed by atoms with van der Waals surface area (Å²) in [6, 6.07) is 5.12. The summed E-state index contributed by atoms with van der Waals surface area (Å²) < 4.78 is 23.7. The van der Waals surface area contributed by atoms with E-state index in [1.807, 2.05) is 0 Å². The van der Waals surface area contributed by atoms with E-state index in [1.54, 1.807) is 30.5 Å². The number of hydrogen-bond acceptors (Lipinski definition) is 4. The fourth-order valence-electron chi connectivity index (χ4n) is 1.92. The summed E-state index contributed by atoms with van der Waals surface area (Å²) in [7, 11) is -3.36. The van der Waals surface area contributed by atoms with Crippen LogP contribution in [0.15, 0.2) is 34.7 Å². The minimum atomic E-state index is -3.36. The molecule has 80 valence electrons. The van der Waals surface area contributed by atoms with Crippen LogP contribution in [-0.2, 0) is 9.84 Å². The smallest absolute Gasteiger partial charge is 0.201 e. The normalized spacial score (nSPS) is 16.5. The van der Waals surface area contributed by atoms with Gasteiger partial charge in [-0.15, -0.1) is 0 Å². The molecule has 0 bridgehead atoms. The monoisotopic (exact) mass is 232 g/mol. The van der Waals surface area contributed by atoms with Crippen molar-refractivity contribution in [2.45, 2.75) is 4.90 Å². The maximum Gasteiger partial charge on any atom is 0.201 e. The molecular formula is C11H8N2O2S. The topological polar surface area (TPSA) is 73.0 Å². The molecule has 0 atom stereocenters. The molecule has 2 N–H and O–H groups in total. The second kappa shape index (κ2) is 2.82. The third kappa shape index (κ3) is 1.09. The number of fused-ring (bicyclic) bond motifs is 3. The Morgan fingerprint density at radius 2 is 2.00 bits per heavy atom. The number of rotatable bonds is 0. The molecule has 0 saturated heterocycles. The van der Waals surface area contributed by atoms with Gasteiger partial charge in [-0.1, -0.05) is 6.07 Å². The predicted molar refractivity (Wildman–Crippen MR) is 62.4 cm³/mol. The number of nitrogens with two attached hydrogens (primary N) is 1. The molecule has 0 unspecified atom stereocenters. The van der Waals surface area contributed by atoms with Crippen molar-refractivity contribution in [3.63, 3.8) is 0 Å². The summed E-state index contributed by atoms with van der Waals surface area (Å²) in [5.74, 6) is 0. The molecule has 4 nitrogen and oxygen atoms in total. The lowest BCUT2D eigenvalue weighted by molar-refractivity contribution is 0.606. The van der Waals surface area contributed by atoms with Crippen molar-refractivity contribution in [1.82, 2.24) is 4.98 Å². The minimum Gasteiger partial charge on any atom is -0.398 e. The predicted octanol–water partition coefficient (Wildman–Crippen LogP) is 1.57. The van der Waals surface area contributed by atoms with Crippen molar-refractivity contribution >= 4 is 32.5 Å². The van der Waals surface area contributed by atoms with Gasteiger partial charge in [0.05, 0.1) is 10.4 Å². The molecule has 2 heterocycles. The number of nitrogens with zero attached hydrogens (tertiary/aromatic N) is 1. The van der Waals surface area contributed by atoms with E-state index in [2.05, 4.69) is 4.98 Å². The van der Waals surface area contributed by atoms with Crippen molar-refractivity contribution < 1.29 is 8.42 Å². The standard InChI is InChI=1S/C11H8N2O2S/c12-8-3-5-13-9-2-1-7-4-6-16(14,15)11(7)10(8)9/h1-6H,(H2,12,13). The van der Waals surface area contributed by atoms with E-state index < -0.39 is 9.84 Å². The van der Waals surface area contributed by atoms with Gasteiger partial charge in [0.2, 0.25) is 9.84 Å². The first kappa shape index (κ1) is 9.35. The van der Waals surface area contributed by atoms with Crippen LogP contribution in [0.25, 0.3) is 17.0 Å². The number of hydrogen-bond donors (Lipinski definition) is 1. The molecule has 1 aliphatic heterocycles. The van der Waals surface area contributed by atoms with Crippen molar-refractivity contribution in [3.05, 3.63) is 35.4 Å². The number of benzene rings is 1. The van der Waals surface area contributed by atoms with Crippen molar-refractivity contribution in [3.8, 4) is 0 Å². The zero-order valence-electron chi connectivity index (χ0n) is 8.21. The highest BCUT2D eigenvalue weighted by atomic mass is 32.2. The first-order valence-electron chi connectivity index (χ1n) is 4.70. The maximum atomic E-state index is 11.8. The molecule has 0 fully saturated rings. The highest BCUT2D eigenvalue weighted by Crippen LogP contribution is 2.35. The summed E-state index contributed by atoms with van der Waals surface area (Å²) in [5, 5.41) is 1.72. The maximum absolute atomic E-state index is 11.8. The Hall–Kier alpha value is -1.88. The Kier molecular flexibility index (Phi) is 1.65. The number of aromatic nitrogens is 1. The Labute approximate surface area is 92.3 Å². The molecule has 1 aliphatic rings. The lowest BCUT2D eigenvalue weighted by atomic mass is 10.1. The number of anilines is 1. The number of nitrogen functional groups attached to an aromatic ring is 1. The SMILES string of the molecule is Nc1ccnc2ccc3c(c12)S(=O)(=O)C=C3. The Balaban J connectivity index is 2.61. The lowest BCUT2D eigenvalue weighted by Gasteiger charge is -2.06. The molecular weight excluding hydrogens is 224 g/mol. The van der Waals surface area contributed by atoms with Gasteiger partial charge in [0.1, 0.15) is 0 Å². The average molecular weight is 232 g/mol. The van der Waals surface area contributed by atoms with Crippen LogP contribution in [-0.4, -0.2) is 13.4 Å². The molecule has 0 radical (unpaired) electrons. The fourth-order valence-corrected chi connectivity index (χ4v) is 3.36. The number of pyridine rings is 1. The molecule has 0 saturated carbocycles.